The molecule has 0 aromatic carbocycles. The Balaban J connectivity index is 4.14. The predicted molar refractivity (Wildman–Crippen MR) is 82.3 cm³/mol. The lowest BCUT2D eigenvalue weighted by atomic mass is 9.93. The summed E-state index contributed by atoms with van der Waals surface area (Å²) in [7, 11) is 4.18. The lowest BCUT2D eigenvalue weighted by molar-refractivity contribution is -0.120. The molecule has 0 fully saturated rings. The van der Waals surface area contributed by atoms with Crippen LogP contribution in [0.3, 0.4) is 0 Å². The fourth-order valence-electron chi connectivity index (χ4n) is 2.30. The lowest BCUT2D eigenvalue weighted by Gasteiger charge is -2.31. The van der Waals surface area contributed by atoms with Crippen LogP contribution in [0.5, 0.6) is 0 Å². The van der Waals surface area contributed by atoms with Crippen LogP contribution in [0.25, 0.3) is 0 Å². The molecule has 4 nitrogen and oxygen atoms in total. The average molecular weight is 271 g/mol. The molecular formula is C15H33N3O. The fraction of sp³-hybridized carbons (Fsp3) is 0.933. The molecule has 19 heavy (non-hydrogen) atoms. The molecule has 0 spiro atoms. The van der Waals surface area contributed by atoms with Crippen LogP contribution in [0.15, 0.2) is 0 Å². The average Bonchev–Trinajstić information content (AvgIpc) is 2.40. The Bertz CT molecular complexity index is 240. The van der Waals surface area contributed by atoms with Crippen LogP contribution >= 0.6 is 0 Å². The van der Waals surface area contributed by atoms with E-state index in [0.717, 1.165) is 25.8 Å². The maximum absolute atomic E-state index is 11.8. The molecule has 2 N–H and O–H groups in total. The van der Waals surface area contributed by atoms with Gasteiger partial charge in [0.1, 0.15) is 0 Å². The van der Waals surface area contributed by atoms with Gasteiger partial charge in [-0.15, -0.1) is 0 Å². The molecule has 0 rings (SSSR count). The van der Waals surface area contributed by atoms with Crippen molar-refractivity contribution < 1.29 is 4.79 Å². The number of amides is 1. The highest BCUT2D eigenvalue weighted by molar-refractivity contribution is 5.78. The Kier molecular flexibility index (Phi) is 9.88. The van der Waals surface area contributed by atoms with Crippen LogP contribution in [-0.2, 0) is 4.79 Å². The van der Waals surface area contributed by atoms with Crippen LogP contribution in [0.4, 0.5) is 0 Å². The van der Waals surface area contributed by atoms with Gasteiger partial charge in [0.05, 0.1) is 6.54 Å². The van der Waals surface area contributed by atoms with Gasteiger partial charge in [0.15, 0.2) is 0 Å². The molecule has 0 aliphatic heterocycles. The summed E-state index contributed by atoms with van der Waals surface area (Å²) in [4.78, 5) is 14.0. The molecule has 4 heteroatoms. The summed E-state index contributed by atoms with van der Waals surface area (Å²) in [5.41, 5.74) is 0. The van der Waals surface area contributed by atoms with Gasteiger partial charge in [-0.3, -0.25) is 4.79 Å². The van der Waals surface area contributed by atoms with Crippen molar-refractivity contribution in [2.75, 3.05) is 27.2 Å². The van der Waals surface area contributed by atoms with Crippen molar-refractivity contribution in [1.29, 1.82) is 0 Å². The second-order valence-electron chi connectivity index (χ2n) is 5.60. The standard InChI is InChI=1S/C15H33N3O/c1-7-12(4)16-11-15(19)17-10-14(18(5)6)13(8-2)9-3/h12-14,16H,7-11H2,1-6H3,(H,17,19). The SMILES string of the molecule is CCC(C)NCC(=O)NCC(C(CC)CC)N(C)C. The first-order chi connectivity index (χ1) is 8.96. The molecule has 0 aromatic heterocycles. The minimum atomic E-state index is 0.0955. The molecule has 0 saturated heterocycles. The van der Waals surface area contributed by atoms with Crippen LogP contribution in [0.2, 0.25) is 0 Å². The largest absolute Gasteiger partial charge is 0.353 e. The van der Waals surface area contributed by atoms with E-state index in [-0.39, 0.29) is 5.91 Å². The van der Waals surface area contributed by atoms with E-state index in [4.69, 9.17) is 0 Å². The van der Waals surface area contributed by atoms with Crippen molar-refractivity contribution >= 4 is 5.91 Å². The first-order valence-electron chi connectivity index (χ1n) is 7.62. The molecule has 0 aliphatic rings. The lowest BCUT2D eigenvalue weighted by Crippen LogP contribution is -2.47. The predicted octanol–water partition coefficient (Wildman–Crippen LogP) is 1.86. The molecule has 114 valence electrons. The molecule has 2 unspecified atom stereocenters. The number of hydrogen-bond acceptors (Lipinski definition) is 3. The Morgan fingerprint density at radius 1 is 1.11 bits per heavy atom. The molecule has 2 atom stereocenters. The normalized spacial score (nSPS) is 14.7. The highest BCUT2D eigenvalue weighted by Gasteiger charge is 2.21. The Morgan fingerprint density at radius 3 is 2.11 bits per heavy atom. The van der Waals surface area contributed by atoms with Crippen molar-refractivity contribution in [2.24, 2.45) is 5.92 Å². The first kappa shape index (κ1) is 18.4. The van der Waals surface area contributed by atoms with Gasteiger partial charge in [-0.25, -0.2) is 0 Å². The third kappa shape index (κ3) is 7.53. The topological polar surface area (TPSA) is 44.4 Å². The summed E-state index contributed by atoms with van der Waals surface area (Å²) in [5, 5.41) is 6.27. The van der Waals surface area contributed by atoms with Gasteiger partial charge in [-0.05, 0) is 33.4 Å². The second kappa shape index (κ2) is 10.2. The summed E-state index contributed by atoms with van der Waals surface area (Å²) >= 11 is 0. The van der Waals surface area contributed by atoms with E-state index in [1.807, 2.05) is 0 Å². The molecule has 1 amide bonds. The molecular weight excluding hydrogens is 238 g/mol. The minimum absolute atomic E-state index is 0.0955. The summed E-state index contributed by atoms with van der Waals surface area (Å²) in [6, 6.07) is 0.817. The zero-order chi connectivity index (χ0) is 14.8. The quantitative estimate of drug-likeness (QED) is 0.637. The van der Waals surface area contributed by atoms with Crippen LogP contribution < -0.4 is 10.6 Å². The van der Waals surface area contributed by atoms with Crippen LogP contribution in [-0.4, -0.2) is 50.1 Å². The van der Waals surface area contributed by atoms with Gasteiger partial charge in [-0.2, -0.15) is 0 Å². The first-order valence-corrected chi connectivity index (χ1v) is 7.62. The highest BCUT2D eigenvalue weighted by Crippen LogP contribution is 2.16. The Hall–Kier alpha value is -0.610. The van der Waals surface area contributed by atoms with Crippen molar-refractivity contribution in [3.8, 4) is 0 Å². The summed E-state index contributed by atoms with van der Waals surface area (Å²) in [6.07, 6.45) is 3.35. The number of hydrogen-bond donors (Lipinski definition) is 2. The third-order valence-electron chi connectivity index (χ3n) is 3.99. The van der Waals surface area contributed by atoms with Crippen molar-refractivity contribution in [1.82, 2.24) is 15.5 Å². The van der Waals surface area contributed by atoms with Crippen molar-refractivity contribution in [3.05, 3.63) is 0 Å². The monoisotopic (exact) mass is 271 g/mol. The molecule has 0 heterocycles. The van der Waals surface area contributed by atoms with Gasteiger partial charge >= 0.3 is 0 Å². The van der Waals surface area contributed by atoms with Gasteiger partial charge in [0.25, 0.3) is 0 Å². The molecule has 0 aromatic rings. The number of carbonyl (C=O) groups is 1. The summed E-state index contributed by atoms with van der Waals surface area (Å²) < 4.78 is 0. The van der Waals surface area contributed by atoms with E-state index in [2.05, 4.69) is 57.3 Å². The molecule has 0 radical (unpaired) electrons. The van der Waals surface area contributed by atoms with E-state index < -0.39 is 0 Å². The second-order valence-corrected chi connectivity index (χ2v) is 5.60. The maximum Gasteiger partial charge on any atom is 0.234 e. The maximum atomic E-state index is 11.8. The van der Waals surface area contributed by atoms with Gasteiger partial charge in [0.2, 0.25) is 5.91 Å². The van der Waals surface area contributed by atoms with E-state index >= 15 is 0 Å². The Labute approximate surface area is 119 Å². The smallest absolute Gasteiger partial charge is 0.234 e. The molecule has 0 saturated carbocycles. The molecule has 0 bridgehead atoms. The third-order valence-corrected chi connectivity index (χ3v) is 3.99. The Morgan fingerprint density at radius 2 is 1.68 bits per heavy atom. The minimum Gasteiger partial charge on any atom is -0.353 e. The van der Waals surface area contributed by atoms with Gasteiger partial charge in [-0.1, -0.05) is 33.6 Å². The summed E-state index contributed by atoms with van der Waals surface area (Å²) in [6.45, 7) is 9.80. The fourth-order valence-corrected chi connectivity index (χ4v) is 2.30. The summed E-state index contributed by atoms with van der Waals surface area (Å²) in [5.74, 6) is 0.732. The van der Waals surface area contributed by atoms with Crippen LogP contribution in [0.1, 0.15) is 47.0 Å². The van der Waals surface area contributed by atoms with E-state index in [0.29, 0.717) is 24.5 Å². The van der Waals surface area contributed by atoms with Gasteiger partial charge in [0, 0.05) is 18.6 Å². The molecule has 0 aliphatic carbocycles. The van der Waals surface area contributed by atoms with E-state index in [9.17, 15) is 4.79 Å². The van der Waals surface area contributed by atoms with E-state index in [1.54, 1.807) is 0 Å². The van der Waals surface area contributed by atoms with Crippen molar-refractivity contribution in [2.45, 2.75) is 59.0 Å². The van der Waals surface area contributed by atoms with Crippen LogP contribution in [0, 0.1) is 5.92 Å². The number of rotatable bonds is 10. The number of nitrogens with zero attached hydrogens (tertiary/aromatic N) is 1. The zero-order valence-corrected chi connectivity index (χ0v) is 13.6. The van der Waals surface area contributed by atoms with Gasteiger partial charge < -0.3 is 15.5 Å². The highest BCUT2D eigenvalue weighted by atomic mass is 16.1. The zero-order valence-electron chi connectivity index (χ0n) is 13.6. The van der Waals surface area contributed by atoms with Crippen molar-refractivity contribution in [3.63, 3.8) is 0 Å². The van der Waals surface area contributed by atoms with E-state index in [1.165, 1.54) is 0 Å². The number of nitrogens with one attached hydrogen (secondary N) is 2. The number of likely N-dealkylation sites (N-methyl/N-ethyl adjacent to an activating group) is 1. The number of carbonyl (C=O) groups excluding carboxylic acids is 1.